The zero-order valence-electron chi connectivity index (χ0n) is 11.3. The number of amides is 1. The van der Waals surface area contributed by atoms with Gasteiger partial charge in [0.05, 0.1) is 23.5 Å². The molecular formula is C13H22N4O2. The fourth-order valence-electron chi connectivity index (χ4n) is 2.52. The molecular weight excluding hydrogens is 244 g/mol. The first-order valence-electron chi connectivity index (χ1n) is 6.95. The fourth-order valence-corrected chi connectivity index (χ4v) is 2.52. The molecule has 0 radical (unpaired) electrons. The van der Waals surface area contributed by atoms with Crippen molar-refractivity contribution in [2.24, 2.45) is 0 Å². The number of carbonyl (C=O) groups is 1. The Bertz CT molecular complexity index is 444. The highest BCUT2D eigenvalue weighted by Crippen LogP contribution is 2.20. The van der Waals surface area contributed by atoms with Gasteiger partial charge in [0.25, 0.3) is 5.91 Å². The Morgan fingerprint density at radius 1 is 1.53 bits per heavy atom. The first kappa shape index (κ1) is 13.9. The molecule has 1 amide bonds. The van der Waals surface area contributed by atoms with Gasteiger partial charge in [0.2, 0.25) is 0 Å². The minimum Gasteiger partial charge on any atom is -0.395 e. The van der Waals surface area contributed by atoms with E-state index in [0.29, 0.717) is 5.69 Å². The number of nitrogens with two attached hydrogens (primary N) is 1. The Hall–Kier alpha value is -1.56. The number of nitrogens with zero attached hydrogens (tertiary/aromatic N) is 1. The second kappa shape index (κ2) is 6.06. The molecule has 1 aliphatic carbocycles. The summed E-state index contributed by atoms with van der Waals surface area (Å²) in [6.07, 6.45) is 4.83. The summed E-state index contributed by atoms with van der Waals surface area (Å²) >= 11 is 0. The Labute approximate surface area is 112 Å². The number of nitrogens with one attached hydrogen (secondary N) is 2. The van der Waals surface area contributed by atoms with Gasteiger partial charge in [0, 0.05) is 0 Å². The van der Waals surface area contributed by atoms with Gasteiger partial charge in [0.1, 0.15) is 0 Å². The average Bonchev–Trinajstić information content (AvgIpc) is 2.75. The van der Waals surface area contributed by atoms with Crippen molar-refractivity contribution in [3.05, 3.63) is 11.4 Å². The summed E-state index contributed by atoms with van der Waals surface area (Å²) in [6, 6.07) is -0.188. The molecule has 1 aromatic heterocycles. The van der Waals surface area contributed by atoms with Crippen molar-refractivity contribution in [2.45, 2.75) is 57.6 Å². The number of nitrogen functional groups attached to an aromatic ring is 1. The molecule has 1 aliphatic rings. The van der Waals surface area contributed by atoms with Crippen molar-refractivity contribution in [3.63, 3.8) is 0 Å². The zero-order chi connectivity index (χ0) is 13.8. The Kier molecular flexibility index (Phi) is 4.42. The highest BCUT2D eigenvalue weighted by molar-refractivity contribution is 5.97. The summed E-state index contributed by atoms with van der Waals surface area (Å²) in [7, 11) is 0. The van der Waals surface area contributed by atoms with E-state index in [-0.39, 0.29) is 17.6 Å². The summed E-state index contributed by atoms with van der Waals surface area (Å²) in [6.45, 7) is 2.04. The molecule has 2 rings (SSSR count). The van der Waals surface area contributed by atoms with Crippen LogP contribution in [-0.2, 0) is 6.42 Å². The molecule has 0 aromatic carbocycles. The lowest BCUT2D eigenvalue weighted by Gasteiger charge is -2.28. The molecule has 6 nitrogen and oxygen atoms in total. The summed E-state index contributed by atoms with van der Waals surface area (Å²) in [5, 5.41) is 19.5. The maximum Gasteiger partial charge on any atom is 0.274 e. The van der Waals surface area contributed by atoms with E-state index in [1.165, 1.54) is 0 Å². The Morgan fingerprint density at radius 3 is 2.95 bits per heavy atom. The van der Waals surface area contributed by atoms with Gasteiger partial charge >= 0.3 is 0 Å². The number of aliphatic hydroxyl groups is 1. The summed E-state index contributed by atoms with van der Waals surface area (Å²) in [5.74, 6) is -0.304. The van der Waals surface area contributed by atoms with Gasteiger partial charge < -0.3 is 16.2 Å². The number of anilines is 1. The van der Waals surface area contributed by atoms with Gasteiger partial charge in [0.15, 0.2) is 5.69 Å². The van der Waals surface area contributed by atoms with Crippen LogP contribution in [0.4, 0.5) is 5.69 Å². The molecule has 5 N–H and O–H groups in total. The van der Waals surface area contributed by atoms with Crippen molar-refractivity contribution in [1.82, 2.24) is 15.5 Å². The van der Waals surface area contributed by atoms with E-state index in [0.717, 1.165) is 44.2 Å². The van der Waals surface area contributed by atoms with E-state index in [9.17, 15) is 9.90 Å². The molecule has 1 heterocycles. The number of rotatable bonds is 4. The third-order valence-corrected chi connectivity index (χ3v) is 3.64. The van der Waals surface area contributed by atoms with Gasteiger partial charge in [-0.1, -0.05) is 26.2 Å². The van der Waals surface area contributed by atoms with Crippen LogP contribution >= 0.6 is 0 Å². The van der Waals surface area contributed by atoms with Gasteiger partial charge in [-0.3, -0.25) is 9.89 Å². The Morgan fingerprint density at radius 2 is 2.26 bits per heavy atom. The summed E-state index contributed by atoms with van der Waals surface area (Å²) < 4.78 is 0. The number of carbonyl (C=O) groups excluding carboxylic acids is 1. The van der Waals surface area contributed by atoms with E-state index in [4.69, 9.17) is 5.73 Å². The monoisotopic (exact) mass is 266 g/mol. The van der Waals surface area contributed by atoms with E-state index >= 15 is 0 Å². The number of hydrogen-bond acceptors (Lipinski definition) is 4. The Balaban J connectivity index is 2.03. The molecule has 106 valence electrons. The van der Waals surface area contributed by atoms with Crippen molar-refractivity contribution in [2.75, 3.05) is 5.73 Å². The van der Waals surface area contributed by atoms with Crippen molar-refractivity contribution < 1.29 is 9.90 Å². The first-order chi connectivity index (χ1) is 9.13. The van der Waals surface area contributed by atoms with E-state index in [1.807, 2.05) is 6.92 Å². The molecule has 2 atom stereocenters. The quantitative estimate of drug-likeness (QED) is 0.652. The van der Waals surface area contributed by atoms with Crippen molar-refractivity contribution >= 4 is 11.6 Å². The molecule has 6 heteroatoms. The fraction of sp³-hybridized carbons (Fsp3) is 0.692. The molecule has 0 saturated heterocycles. The lowest BCUT2D eigenvalue weighted by molar-refractivity contribution is 0.0714. The van der Waals surface area contributed by atoms with Crippen LogP contribution in [0.3, 0.4) is 0 Å². The molecule has 1 saturated carbocycles. The molecule has 0 spiro atoms. The maximum atomic E-state index is 12.1. The second-order valence-electron chi connectivity index (χ2n) is 5.15. The van der Waals surface area contributed by atoms with Crippen LogP contribution < -0.4 is 11.1 Å². The molecule has 0 bridgehead atoms. The highest BCUT2D eigenvalue weighted by atomic mass is 16.3. The third kappa shape index (κ3) is 3.07. The number of aromatic amines is 1. The van der Waals surface area contributed by atoms with E-state index in [1.54, 1.807) is 0 Å². The second-order valence-corrected chi connectivity index (χ2v) is 5.15. The van der Waals surface area contributed by atoms with Gasteiger partial charge in [-0.15, -0.1) is 0 Å². The smallest absolute Gasteiger partial charge is 0.274 e. The van der Waals surface area contributed by atoms with Gasteiger partial charge in [-0.25, -0.2) is 0 Å². The molecule has 1 aromatic rings. The highest BCUT2D eigenvalue weighted by Gasteiger charge is 2.26. The third-order valence-electron chi connectivity index (χ3n) is 3.64. The SMILES string of the molecule is CCCc1[nH]nc(C(=O)N[C@H]2CCCC[C@@H]2O)c1N. The van der Waals surface area contributed by atoms with Crippen LogP contribution in [0.5, 0.6) is 0 Å². The van der Waals surface area contributed by atoms with Crippen LogP contribution in [0.25, 0.3) is 0 Å². The number of H-pyrrole nitrogens is 1. The summed E-state index contributed by atoms with van der Waals surface area (Å²) in [4.78, 5) is 12.1. The van der Waals surface area contributed by atoms with Gasteiger partial charge in [-0.05, 0) is 19.3 Å². The molecule has 19 heavy (non-hydrogen) atoms. The molecule has 0 aliphatic heterocycles. The first-order valence-corrected chi connectivity index (χ1v) is 6.95. The van der Waals surface area contributed by atoms with E-state index < -0.39 is 6.10 Å². The van der Waals surface area contributed by atoms with Gasteiger partial charge in [-0.2, -0.15) is 5.10 Å². The lowest BCUT2D eigenvalue weighted by atomic mass is 9.92. The van der Waals surface area contributed by atoms with Crippen molar-refractivity contribution in [3.8, 4) is 0 Å². The predicted octanol–water partition coefficient (Wildman–Crippen LogP) is 0.978. The number of aromatic nitrogens is 2. The zero-order valence-corrected chi connectivity index (χ0v) is 11.3. The topological polar surface area (TPSA) is 104 Å². The minimum atomic E-state index is -0.465. The molecule has 0 unspecified atom stereocenters. The number of aryl methyl sites for hydroxylation is 1. The van der Waals surface area contributed by atoms with Crippen molar-refractivity contribution in [1.29, 1.82) is 0 Å². The van der Waals surface area contributed by atoms with Crippen LogP contribution in [0.15, 0.2) is 0 Å². The predicted molar refractivity (Wildman–Crippen MR) is 72.7 cm³/mol. The van der Waals surface area contributed by atoms with Crippen LogP contribution in [0.2, 0.25) is 0 Å². The standard InChI is InChI=1S/C13H22N4O2/c1-2-5-9-11(14)12(17-16-9)13(19)15-8-6-3-4-7-10(8)18/h8,10,18H,2-7,14H2,1H3,(H,15,19)(H,16,17)/t8-,10-/m0/s1. The van der Waals surface area contributed by atoms with Crippen LogP contribution in [0, 0.1) is 0 Å². The lowest BCUT2D eigenvalue weighted by Crippen LogP contribution is -2.45. The minimum absolute atomic E-state index is 0.188. The van der Waals surface area contributed by atoms with E-state index in [2.05, 4.69) is 15.5 Å². The number of aliphatic hydroxyl groups excluding tert-OH is 1. The summed E-state index contributed by atoms with van der Waals surface area (Å²) in [5.41, 5.74) is 7.37. The normalized spacial score (nSPS) is 23.3. The average molecular weight is 266 g/mol. The molecule has 1 fully saturated rings. The maximum absolute atomic E-state index is 12.1. The van der Waals surface area contributed by atoms with Crippen LogP contribution in [-0.4, -0.2) is 33.4 Å². The van der Waals surface area contributed by atoms with Crippen LogP contribution in [0.1, 0.15) is 55.2 Å². The number of hydrogen-bond donors (Lipinski definition) is 4. The largest absolute Gasteiger partial charge is 0.395 e.